The average molecular weight is 379 g/mol. The first-order valence-corrected chi connectivity index (χ1v) is 12.5. The molecule has 0 saturated carbocycles. The van der Waals surface area contributed by atoms with Gasteiger partial charge >= 0.3 is 37.9 Å². The van der Waals surface area contributed by atoms with E-state index in [0.29, 0.717) is 0 Å². The Morgan fingerprint density at radius 3 is 2.15 bits per heavy atom. The summed E-state index contributed by atoms with van der Waals surface area (Å²) in [6.07, 6.45) is 0. The van der Waals surface area contributed by atoms with Gasteiger partial charge in [0.25, 0.3) is 0 Å². The zero-order valence-corrected chi connectivity index (χ0v) is 15.0. The molecule has 2 aliphatic rings. The van der Waals surface area contributed by atoms with Crippen LogP contribution in [0, 0.1) is 13.0 Å². The fourth-order valence-electron chi connectivity index (χ4n) is 2.23. The Balaban J connectivity index is 0.000000452. The first-order valence-electron chi connectivity index (χ1n) is 6.19. The summed E-state index contributed by atoms with van der Waals surface area (Å²) in [4.78, 5) is 0. The summed E-state index contributed by atoms with van der Waals surface area (Å²) in [6.45, 7) is 2.09. The van der Waals surface area contributed by atoms with Gasteiger partial charge in [0.15, 0.2) is 0 Å². The molecule has 1 radical (unpaired) electrons. The summed E-state index contributed by atoms with van der Waals surface area (Å²) >= 11 is -0.826. The second-order valence-electron chi connectivity index (χ2n) is 4.35. The van der Waals surface area contributed by atoms with E-state index in [1.54, 1.807) is 0 Å². The van der Waals surface area contributed by atoms with Crippen LogP contribution in [-0.2, 0) is 20.8 Å². The molecule has 0 nitrogen and oxygen atoms in total. The molecule has 2 aliphatic carbocycles. The Labute approximate surface area is 138 Å². The molecule has 1 aromatic rings. The van der Waals surface area contributed by atoms with Crippen molar-refractivity contribution in [2.24, 2.45) is 0 Å². The van der Waals surface area contributed by atoms with Gasteiger partial charge in [-0.3, -0.25) is 0 Å². The fourth-order valence-corrected chi connectivity index (χ4v) is 2.23. The molecule has 0 atom stereocenters. The van der Waals surface area contributed by atoms with E-state index in [4.69, 9.17) is 17.0 Å². The molecule has 3 rings (SSSR count). The van der Waals surface area contributed by atoms with Gasteiger partial charge in [-0.1, -0.05) is 60.7 Å². The maximum absolute atomic E-state index is 4.93. The molecule has 0 fully saturated rings. The Hall–Kier alpha value is -0.617. The standard InChI is InChI=1S/C17H13.2ClH.Zr/c1-13-11-15-9-5-6-10-16(17(15)12-13)14-7-3-2-4-8-14;;;/h2-10,12H,1H3;2*1H;/q;;;+2/p-2. The number of hydrogen-bond acceptors (Lipinski definition) is 0. The average Bonchev–Trinajstić information content (AvgIpc) is 2.71. The van der Waals surface area contributed by atoms with Crippen molar-refractivity contribution in [3.05, 3.63) is 72.3 Å². The Bertz CT molecular complexity index is 638. The van der Waals surface area contributed by atoms with Crippen LogP contribution in [0.25, 0.3) is 22.3 Å². The first-order chi connectivity index (χ1) is 9.76. The van der Waals surface area contributed by atoms with Crippen LogP contribution < -0.4 is 0 Å². The molecule has 0 bridgehead atoms. The summed E-state index contributed by atoms with van der Waals surface area (Å²) in [5.74, 6) is 0. The van der Waals surface area contributed by atoms with Crippen LogP contribution >= 0.6 is 17.0 Å². The van der Waals surface area contributed by atoms with Crippen molar-refractivity contribution in [3.8, 4) is 22.3 Å². The van der Waals surface area contributed by atoms with Crippen LogP contribution in [0.15, 0.2) is 60.7 Å². The van der Waals surface area contributed by atoms with E-state index in [2.05, 4.69) is 67.6 Å². The van der Waals surface area contributed by atoms with Crippen molar-refractivity contribution in [1.82, 2.24) is 0 Å². The molecular weight excluding hydrogens is 366 g/mol. The van der Waals surface area contributed by atoms with Crippen molar-refractivity contribution in [3.63, 3.8) is 0 Å². The van der Waals surface area contributed by atoms with E-state index in [1.165, 1.54) is 27.8 Å². The third-order valence-corrected chi connectivity index (χ3v) is 2.99. The first kappa shape index (κ1) is 15.8. The van der Waals surface area contributed by atoms with E-state index < -0.39 is 20.8 Å². The fraction of sp³-hybridized carbons (Fsp3) is 0.0588. The molecule has 0 aromatic heterocycles. The molecule has 0 amide bonds. The molecule has 20 heavy (non-hydrogen) atoms. The van der Waals surface area contributed by atoms with Gasteiger partial charge in [-0.2, -0.15) is 0 Å². The van der Waals surface area contributed by atoms with E-state index >= 15 is 0 Å². The van der Waals surface area contributed by atoms with E-state index in [9.17, 15) is 0 Å². The number of halogens is 2. The minimum atomic E-state index is -0.826. The molecule has 1 aromatic carbocycles. The van der Waals surface area contributed by atoms with Crippen molar-refractivity contribution in [1.29, 1.82) is 0 Å². The topological polar surface area (TPSA) is 0 Å². The summed E-state index contributed by atoms with van der Waals surface area (Å²) in [6, 6.07) is 24.6. The zero-order chi connectivity index (χ0) is 14.4. The van der Waals surface area contributed by atoms with E-state index in [1.807, 2.05) is 6.07 Å². The Morgan fingerprint density at radius 2 is 1.45 bits per heavy atom. The Morgan fingerprint density at radius 1 is 0.850 bits per heavy atom. The molecule has 0 aliphatic heterocycles. The second kappa shape index (κ2) is 7.98. The van der Waals surface area contributed by atoms with Crippen LogP contribution in [0.1, 0.15) is 5.56 Å². The van der Waals surface area contributed by atoms with Crippen LogP contribution in [0.4, 0.5) is 0 Å². The van der Waals surface area contributed by atoms with E-state index in [0.717, 1.165) is 0 Å². The van der Waals surface area contributed by atoms with Crippen molar-refractivity contribution in [2.75, 3.05) is 0 Å². The molecule has 0 unspecified atom stereocenters. The molecule has 0 heterocycles. The molecule has 0 saturated heterocycles. The van der Waals surface area contributed by atoms with Gasteiger partial charge in [-0.25, -0.2) is 0 Å². The summed E-state index contributed by atoms with van der Waals surface area (Å²) < 4.78 is 0. The van der Waals surface area contributed by atoms with Gasteiger partial charge < -0.3 is 0 Å². The van der Waals surface area contributed by atoms with E-state index in [-0.39, 0.29) is 0 Å². The quantitative estimate of drug-likeness (QED) is 0.491. The van der Waals surface area contributed by atoms with Crippen LogP contribution in [-0.4, -0.2) is 0 Å². The molecule has 0 N–H and O–H groups in total. The molecular formula is C17H13Cl2Zr. The molecule has 0 spiro atoms. The predicted octanol–water partition coefficient (Wildman–Crippen LogP) is 5.94. The van der Waals surface area contributed by atoms with Crippen LogP contribution in [0.2, 0.25) is 0 Å². The number of aryl methyl sites for hydroxylation is 1. The summed E-state index contributed by atoms with van der Waals surface area (Å²) in [5, 5.41) is 0. The maximum atomic E-state index is 4.93. The summed E-state index contributed by atoms with van der Waals surface area (Å²) in [7, 11) is 9.87. The normalized spacial score (nSPS) is 9.75. The number of fused-ring (bicyclic) bond motifs is 1. The number of hydrogen-bond donors (Lipinski definition) is 0. The zero-order valence-electron chi connectivity index (χ0n) is 11.0. The van der Waals surface area contributed by atoms with Gasteiger partial charge in [0.05, 0.1) is 0 Å². The van der Waals surface area contributed by atoms with Gasteiger partial charge in [-0.15, -0.1) is 0 Å². The summed E-state index contributed by atoms with van der Waals surface area (Å²) in [5.41, 5.74) is 6.19. The van der Waals surface area contributed by atoms with Crippen molar-refractivity contribution >= 4 is 17.0 Å². The van der Waals surface area contributed by atoms with Crippen molar-refractivity contribution in [2.45, 2.75) is 6.92 Å². The van der Waals surface area contributed by atoms with Gasteiger partial charge in [-0.05, 0) is 40.8 Å². The van der Waals surface area contributed by atoms with Gasteiger partial charge in [0, 0.05) is 0 Å². The number of rotatable bonds is 1. The van der Waals surface area contributed by atoms with Gasteiger partial charge in [0.2, 0.25) is 0 Å². The monoisotopic (exact) mass is 377 g/mol. The third kappa shape index (κ3) is 3.95. The predicted molar refractivity (Wildman–Crippen MR) is 83.8 cm³/mol. The third-order valence-electron chi connectivity index (χ3n) is 2.99. The van der Waals surface area contributed by atoms with Crippen molar-refractivity contribution < 1.29 is 20.8 Å². The van der Waals surface area contributed by atoms with Crippen LogP contribution in [0.5, 0.6) is 0 Å². The second-order valence-corrected chi connectivity index (χ2v) is 8.08. The molecule has 3 heteroatoms. The SMILES string of the molecule is Cc1[c]c2ccccc(-c3ccccc3)c-2c1.[Cl][Zr][Cl]. The van der Waals surface area contributed by atoms with Gasteiger partial charge in [0.1, 0.15) is 0 Å². The Kier molecular flexibility index (Phi) is 6.29. The number of benzene rings is 1. The van der Waals surface area contributed by atoms with Crippen LogP contribution in [0.3, 0.4) is 0 Å². The molecule has 99 valence electrons. The minimum absolute atomic E-state index is 0.826.